The quantitative estimate of drug-likeness (QED) is 0.541. The SMILES string of the molecule is CSCNC(CC(C)C)C(=O)OC(C)C. The molecule has 0 aliphatic heterocycles. The van der Waals surface area contributed by atoms with Crippen molar-refractivity contribution >= 4 is 17.7 Å². The molecular weight excluding hydrogens is 210 g/mol. The van der Waals surface area contributed by atoms with Crippen LogP contribution in [0.1, 0.15) is 34.1 Å². The topological polar surface area (TPSA) is 38.3 Å². The Morgan fingerprint density at radius 3 is 2.33 bits per heavy atom. The van der Waals surface area contributed by atoms with E-state index in [0.29, 0.717) is 5.92 Å². The Morgan fingerprint density at radius 2 is 1.93 bits per heavy atom. The molecule has 0 fully saturated rings. The average molecular weight is 233 g/mol. The van der Waals surface area contributed by atoms with Crippen molar-refractivity contribution in [2.24, 2.45) is 5.92 Å². The number of hydrogen-bond acceptors (Lipinski definition) is 4. The molecule has 4 heteroatoms. The summed E-state index contributed by atoms with van der Waals surface area (Å²) in [7, 11) is 0. The highest BCUT2D eigenvalue weighted by Crippen LogP contribution is 2.08. The third-order valence-corrected chi connectivity index (χ3v) is 2.27. The number of nitrogens with one attached hydrogen (secondary N) is 1. The summed E-state index contributed by atoms with van der Waals surface area (Å²) in [6.45, 7) is 7.96. The molecule has 0 amide bonds. The Hall–Kier alpha value is -0.220. The second-order valence-corrected chi connectivity index (χ2v) is 5.17. The van der Waals surface area contributed by atoms with Gasteiger partial charge in [-0.25, -0.2) is 0 Å². The number of carbonyl (C=O) groups excluding carboxylic acids is 1. The molecule has 0 aliphatic carbocycles. The molecule has 15 heavy (non-hydrogen) atoms. The molecule has 0 saturated heterocycles. The molecule has 0 bridgehead atoms. The zero-order valence-electron chi connectivity index (χ0n) is 10.4. The van der Waals surface area contributed by atoms with E-state index in [0.717, 1.165) is 12.3 Å². The molecule has 1 unspecified atom stereocenters. The van der Waals surface area contributed by atoms with Crippen LogP contribution in [0.4, 0.5) is 0 Å². The van der Waals surface area contributed by atoms with Crippen LogP contribution in [-0.4, -0.2) is 30.2 Å². The number of hydrogen-bond donors (Lipinski definition) is 1. The van der Waals surface area contributed by atoms with Gasteiger partial charge in [-0.15, -0.1) is 11.8 Å². The summed E-state index contributed by atoms with van der Waals surface area (Å²) < 4.78 is 5.20. The minimum Gasteiger partial charge on any atom is -0.462 e. The zero-order chi connectivity index (χ0) is 11.8. The lowest BCUT2D eigenvalue weighted by atomic mass is 10.0. The smallest absolute Gasteiger partial charge is 0.323 e. The van der Waals surface area contributed by atoms with Crippen LogP contribution in [0.5, 0.6) is 0 Å². The maximum absolute atomic E-state index is 11.7. The van der Waals surface area contributed by atoms with Gasteiger partial charge in [-0.2, -0.15) is 0 Å². The summed E-state index contributed by atoms with van der Waals surface area (Å²) in [5.41, 5.74) is 0. The summed E-state index contributed by atoms with van der Waals surface area (Å²) in [4.78, 5) is 11.7. The molecule has 90 valence electrons. The maximum atomic E-state index is 11.7. The first-order chi connectivity index (χ1) is 6.97. The number of esters is 1. The second-order valence-electron chi connectivity index (χ2n) is 4.30. The van der Waals surface area contributed by atoms with Gasteiger partial charge in [-0.1, -0.05) is 13.8 Å². The zero-order valence-corrected chi connectivity index (χ0v) is 11.2. The minimum atomic E-state index is -0.167. The molecule has 0 rings (SSSR count). The molecule has 0 radical (unpaired) electrons. The van der Waals surface area contributed by atoms with Crippen LogP contribution in [-0.2, 0) is 9.53 Å². The van der Waals surface area contributed by atoms with Gasteiger partial charge >= 0.3 is 5.97 Å². The van der Waals surface area contributed by atoms with Gasteiger partial charge < -0.3 is 4.74 Å². The maximum Gasteiger partial charge on any atom is 0.323 e. The molecular formula is C11H23NO2S. The highest BCUT2D eigenvalue weighted by atomic mass is 32.2. The van der Waals surface area contributed by atoms with Crippen LogP contribution in [0.2, 0.25) is 0 Å². The fourth-order valence-electron chi connectivity index (χ4n) is 1.23. The molecule has 0 saturated carbocycles. The molecule has 0 aliphatic rings. The van der Waals surface area contributed by atoms with Gasteiger partial charge in [0.2, 0.25) is 0 Å². The molecule has 0 aromatic rings. The monoisotopic (exact) mass is 233 g/mol. The van der Waals surface area contributed by atoms with Gasteiger partial charge in [0, 0.05) is 5.88 Å². The van der Waals surface area contributed by atoms with E-state index < -0.39 is 0 Å². The lowest BCUT2D eigenvalue weighted by molar-refractivity contribution is -0.150. The molecule has 0 heterocycles. The molecule has 3 nitrogen and oxygen atoms in total. The van der Waals surface area contributed by atoms with E-state index in [1.807, 2.05) is 20.1 Å². The van der Waals surface area contributed by atoms with Crippen molar-refractivity contribution in [3.8, 4) is 0 Å². The van der Waals surface area contributed by atoms with Crippen LogP contribution in [0, 0.1) is 5.92 Å². The predicted octanol–water partition coefficient (Wildman–Crippen LogP) is 2.26. The van der Waals surface area contributed by atoms with Crippen molar-refractivity contribution < 1.29 is 9.53 Å². The third kappa shape index (κ3) is 7.68. The van der Waals surface area contributed by atoms with Gasteiger partial charge in [0.05, 0.1) is 6.10 Å². The van der Waals surface area contributed by atoms with Gasteiger partial charge in [0.15, 0.2) is 0 Å². The van der Waals surface area contributed by atoms with Crippen molar-refractivity contribution in [2.75, 3.05) is 12.1 Å². The van der Waals surface area contributed by atoms with E-state index in [-0.39, 0.29) is 18.1 Å². The standard InChI is InChI=1S/C11H23NO2S/c1-8(2)6-10(12-7-15-5)11(13)14-9(3)4/h8-10,12H,6-7H2,1-5H3. The van der Waals surface area contributed by atoms with Crippen molar-refractivity contribution in [2.45, 2.75) is 46.3 Å². The summed E-state index contributed by atoms with van der Waals surface area (Å²) in [6, 6.07) is -0.167. The summed E-state index contributed by atoms with van der Waals surface area (Å²) >= 11 is 1.67. The van der Waals surface area contributed by atoms with Crippen LogP contribution >= 0.6 is 11.8 Å². The van der Waals surface area contributed by atoms with Crippen molar-refractivity contribution in [1.82, 2.24) is 5.32 Å². The number of carbonyl (C=O) groups is 1. The fourth-order valence-corrected chi connectivity index (χ4v) is 1.60. The Bertz CT molecular complexity index is 183. The van der Waals surface area contributed by atoms with Crippen LogP contribution in [0.25, 0.3) is 0 Å². The van der Waals surface area contributed by atoms with E-state index in [4.69, 9.17) is 4.74 Å². The first-order valence-electron chi connectivity index (χ1n) is 5.40. The third-order valence-electron chi connectivity index (χ3n) is 1.82. The largest absolute Gasteiger partial charge is 0.462 e. The first kappa shape index (κ1) is 14.8. The summed E-state index contributed by atoms with van der Waals surface area (Å²) in [5, 5.41) is 3.19. The Morgan fingerprint density at radius 1 is 1.33 bits per heavy atom. The summed E-state index contributed by atoms with van der Waals surface area (Å²) in [5.74, 6) is 1.14. The van der Waals surface area contributed by atoms with Gasteiger partial charge in [0.1, 0.15) is 6.04 Å². The highest BCUT2D eigenvalue weighted by molar-refractivity contribution is 7.98. The van der Waals surface area contributed by atoms with Gasteiger partial charge in [0.25, 0.3) is 0 Å². The molecule has 1 N–H and O–H groups in total. The van der Waals surface area contributed by atoms with E-state index in [1.165, 1.54) is 0 Å². The van der Waals surface area contributed by atoms with Crippen molar-refractivity contribution in [3.63, 3.8) is 0 Å². The number of rotatable bonds is 7. The lowest BCUT2D eigenvalue weighted by Crippen LogP contribution is -2.39. The Balaban J connectivity index is 4.14. The predicted molar refractivity (Wildman–Crippen MR) is 66.0 cm³/mol. The Labute approximate surface area is 97.3 Å². The van der Waals surface area contributed by atoms with E-state index >= 15 is 0 Å². The van der Waals surface area contributed by atoms with Crippen LogP contribution < -0.4 is 5.32 Å². The van der Waals surface area contributed by atoms with Crippen LogP contribution in [0.3, 0.4) is 0 Å². The molecule has 0 aromatic heterocycles. The molecule has 0 spiro atoms. The highest BCUT2D eigenvalue weighted by Gasteiger charge is 2.21. The number of ether oxygens (including phenoxy) is 1. The van der Waals surface area contributed by atoms with Gasteiger partial charge in [-0.05, 0) is 32.4 Å². The summed E-state index contributed by atoms with van der Waals surface area (Å²) in [6.07, 6.45) is 2.79. The van der Waals surface area contributed by atoms with E-state index in [1.54, 1.807) is 11.8 Å². The number of thioether (sulfide) groups is 1. The fraction of sp³-hybridized carbons (Fsp3) is 0.909. The minimum absolute atomic E-state index is 0.0387. The molecule has 0 aromatic carbocycles. The van der Waals surface area contributed by atoms with E-state index in [9.17, 15) is 4.79 Å². The second kappa shape index (κ2) is 7.99. The Kier molecular flexibility index (Phi) is 7.88. The van der Waals surface area contributed by atoms with E-state index in [2.05, 4.69) is 19.2 Å². The lowest BCUT2D eigenvalue weighted by Gasteiger charge is -2.20. The van der Waals surface area contributed by atoms with Crippen molar-refractivity contribution in [3.05, 3.63) is 0 Å². The van der Waals surface area contributed by atoms with Crippen LogP contribution in [0.15, 0.2) is 0 Å². The van der Waals surface area contributed by atoms with Crippen molar-refractivity contribution in [1.29, 1.82) is 0 Å². The molecule has 1 atom stereocenters. The normalized spacial score (nSPS) is 13.3. The first-order valence-corrected chi connectivity index (χ1v) is 6.79. The average Bonchev–Trinajstić information content (AvgIpc) is 2.10. The van der Waals surface area contributed by atoms with Gasteiger partial charge in [-0.3, -0.25) is 10.1 Å².